The Morgan fingerprint density at radius 1 is 1.67 bits per heavy atom. The van der Waals surface area contributed by atoms with E-state index in [0.29, 0.717) is 6.61 Å². The van der Waals surface area contributed by atoms with Crippen LogP contribution in [0, 0.1) is 6.92 Å². The van der Waals surface area contributed by atoms with Gasteiger partial charge in [0.25, 0.3) is 0 Å². The van der Waals surface area contributed by atoms with Gasteiger partial charge in [-0.05, 0) is 26.0 Å². The zero-order valence-electron chi connectivity index (χ0n) is 7.32. The van der Waals surface area contributed by atoms with Crippen molar-refractivity contribution in [3.05, 3.63) is 24.0 Å². The first-order valence-electron chi connectivity index (χ1n) is 3.92. The molecule has 0 spiro atoms. The highest BCUT2D eigenvalue weighted by atomic mass is 16.5. The van der Waals surface area contributed by atoms with E-state index in [-0.39, 0.29) is 0 Å². The number of aryl methyl sites for hydroxylation is 1. The number of aliphatic hydroxyl groups is 1. The molecule has 1 heterocycles. The van der Waals surface area contributed by atoms with E-state index in [4.69, 9.17) is 9.84 Å². The molecule has 12 heavy (non-hydrogen) atoms. The second kappa shape index (κ2) is 4.07. The van der Waals surface area contributed by atoms with E-state index in [0.717, 1.165) is 11.4 Å². The molecule has 0 aliphatic carbocycles. The van der Waals surface area contributed by atoms with Crippen molar-refractivity contribution in [1.82, 2.24) is 4.98 Å². The lowest BCUT2D eigenvalue weighted by molar-refractivity contribution is 0.122. The summed E-state index contributed by atoms with van der Waals surface area (Å²) < 4.78 is 5.29. The Morgan fingerprint density at radius 2 is 2.42 bits per heavy atom. The molecule has 66 valence electrons. The molecule has 1 N–H and O–H groups in total. The second-order valence-electron chi connectivity index (χ2n) is 2.75. The molecule has 0 saturated carbocycles. The topological polar surface area (TPSA) is 42.4 Å². The van der Waals surface area contributed by atoms with E-state index in [2.05, 4.69) is 4.98 Å². The summed E-state index contributed by atoms with van der Waals surface area (Å²) in [5, 5.41) is 8.96. The highest BCUT2D eigenvalue weighted by Crippen LogP contribution is 2.13. The van der Waals surface area contributed by atoms with Gasteiger partial charge in [-0.25, -0.2) is 0 Å². The van der Waals surface area contributed by atoms with Crippen molar-refractivity contribution >= 4 is 0 Å². The van der Waals surface area contributed by atoms with Gasteiger partial charge < -0.3 is 9.84 Å². The minimum atomic E-state index is -0.440. The van der Waals surface area contributed by atoms with Crippen LogP contribution in [0.2, 0.25) is 0 Å². The third kappa shape index (κ3) is 2.51. The van der Waals surface area contributed by atoms with Crippen LogP contribution >= 0.6 is 0 Å². The average molecular weight is 167 g/mol. The Bertz CT molecular complexity index is 248. The predicted molar refractivity (Wildman–Crippen MR) is 46.1 cm³/mol. The molecule has 0 aliphatic heterocycles. The number of hydrogen-bond acceptors (Lipinski definition) is 3. The van der Waals surface area contributed by atoms with Crippen LogP contribution in [0.3, 0.4) is 0 Å². The van der Waals surface area contributed by atoms with Crippen LogP contribution < -0.4 is 4.74 Å². The van der Waals surface area contributed by atoms with E-state index in [1.165, 1.54) is 0 Å². The normalized spacial score (nSPS) is 12.6. The molecular formula is C9H13NO2. The number of aliphatic hydroxyl groups excluding tert-OH is 1. The largest absolute Gasteiger partial charge is 0.489 e. The second-order valence-corrected chi connectivity index (χ2v) is 2.75. The standard InChI is InChI=1S/C9H13NO2/c1-7(11)6-12-9-4-3-5-10-8(9)2/h3-5,7,11H,6H2,1-2H3. The Kier molecular flexibility index (Phi) is 3.05. The summed E-state index contributed by atoms with van der Waals surface area (Å²) in [6, 6.07) is 3.65. The van der Waals surface area contributed by atoms with E-state index in [9.17, 15) is 0 Å². The maximum Gasteiger partial charge on any atom is 0.140 e. The fraction of sp³-hybridized carbons (Fsp3) is 0.444. The summed E-state index contributed by atoms with van der Waals surface area (Å²) in [6.07, 6.45) is 1.27. The average Bonchev–Trinajstić information content (AvgIpc) is 2.03. The molecule has 0 aliphatic rings. The Balaban J connectivity index is 2.57. The van der Waals surface area contributed by atoms with Crippen LogP contribution in [0.25, 0.3) is 0 Å². The summed E-state index contributed by atoms with van der Waals surface area (Å²) in [7, 11) is 0. The first kappa shape index (κ1) is 9.00. The molecule has 1 unspecified atom stereocenters. The van der Waals surface area contributed by atoms with Gasteiger partial charge in [0.1, 0.15) is 12.4 Å². The molecule has 1 aromatic rings. The van der Waals surface area contributed by atoms with Gasteiger partial charge in [-0.3, -0.25) is 4.98 Å². The minimum Gasteiger partial charge on any atom is -0.489 e. The van der Waals surface area contributed by atoms with Crippen molar-refractivity contribution in [2.24, 2.45) is 0 Å². The van der Waals surface area contributed by atoms with Crippen molar-refractivity contribution in [2.75, 3.05) is 6.61 Å². The van der Waals surface area contributed by atoms with Crippen molar-refractivity contribution in [2.45, 2.75) is 20.0 Å². The smallest absolute Gasteiger partial charge is 0.140 e. The molecule has 0 saturated heterocycles. The summed E-state index contributed by atoms with van der Waals surface area (Å²) in [4.78, 5) is 4.05. The van der Waals surface area contributed by atoms with Crippen LogP contribution in [0.1, 0.15) is 12.6 Å². The number of rotatable bonds is 3. The lowest BCUT2D eigenvalue weighted by Gasteiger charge is -2.08. The maximum atomic E-state index is 8.96. The van der Waals surface area contributed by atoms with Crippen molar-refractivity contribution in [1.29, 1.82) is 0 Å². The van der Waals surface area contributed by atoms with Gasteiger partial charge in [0.05, 0.1) is 11.8 Å². The summed E-state index contributed by atoms with van der Waals surface area (Å²) in [6.45, 7) is 3.87. The van der Waals surface area contributed by atoms with E-state index in [1.807, 2.05) is 19.1 Å². The Hall–Kier alpha value is -1.09. The van der Waals surface area contributed by atoms with Gasteiger partial charge >= 0.3 is 0 Å². The molecule has 0 aromatic carbocycles. The quantitative estimate of drug-likeness (QED) is 0.734. The van der Waals surface area contributed by atoms with Crippen LogP contribution in [-0.4, -0.2) is 22.8 Å². The molecule has 1 atom stereocenters. The van der Waals surface area contributed by atoms with Gasteiger partial charge in [-0.15, -0.1) is 0 Å². The Labute approximate surface area is 72.0 Å². The molecule has 0 amide bonds. The first-order chi connectivity index (χ1) is 5.70. The summed E-state index contributed by atoms with van der Waals surface area (Å²) in [5.41, 5.74) is 0.846. The minimum absolute atomic E-state index is 0.312. The van der Waals surface area contributed by atoms with Crippen molar-refractivity contribution in [3.63, 3.8) is 0 Å². The lowest BCUT2D eigenvalue weighted by atomic mass is 10.3. The third-order valence-electron chi connectivity index (χ3n) is 1.44. The van der Waals surface area contributed by atoms with E-state index >= 15 is 0 Å². The van der Waals surface area contributed by atoms with Crippen molar-refractivity contribution < 1.29 is 9.84 Å². The van der Waals surface area contributed by atoms with Crippen LogP contribution in [-0.2, 0) is 0 Å². The predicted octanol–water partition coefficient (Wildman–Crippen LogP) is 1.15. The molecule has 0 fully saturated rings. The van der Waals surface area contributed by atoms with Crippen LogP contribution in [0.15, 0.2) is 18.3 Å². The highest BCUT2D eigenvalue weighted by molar-refractivity contribution is 5.25. The van der Waals surface area contributed by atoms with Crippen LogP contribution in [0.4, 0.5) is 0 Å². The monoisotopic (exact) mass is 167 g/mol. The number of nitrogens with zero attached hydrogens (tertiary/aromatic N) is 1. The van der Waals surface area contributed by atoms with E-state index in [1.54, 1.807) is 13.1 Å². The first-order valence-corrected chi connectivity index (χ1v) is 3.92. The molecule has 1 aromatic heterocycles. The van der Waals surface area contributed by atoms with Crippen LogP contribution in [0.5, 0.6) is 5.75 Å². The highest BCUT2D eigenvalue weighted by Gasteiger charge is 2.00. The molecular weight excluding hydrogens is 154 g/mol. The fourth-order valence-corrected chi connectivity index (χ4v) is 0.832. The lowest BCUT2D eigenvalue weighted by Crippen LogP contribution is -2.13. The van der Waals surface area contributed by atoms with Gasteiger partial charge in [-0.1, -0.05) is 0 Å². The number of aromatic nitrogens is 1. The third-order valence-corrected chi connectivity index (χ3v) is 1.44. The zero-order chi connectivity index (χ0) is 8.97. The van der Waals surface area contributed by atoms with Gasteiger partial charge in [0.15, 0.2) is 0 Å². The Morgan fingerprint density at radius 3 is 3.00 bits per heavy atom. The zero-order valence-corrected chi connectivity index (χ0v) is 7.32. The van der Waals surface area contributed by atoms with Gasteiger partial charge in [0.2, 0.25) is 0 Å². The van der Waals surface area contributed by atoms with Crippen molar-refractivity contribution in [3.8, 4) is 5.75 Å². The molecule has 1 rings (SSSR count). The maximum absolute atomic E-state index is 8.96. The molecule has 0 bridgehead atoms. The number of ether oxygens (including phenoxy) is 1. The number of pyridine rings is 1. The summed E-state index contributed by atoms with van der Waals surface area (Å²) >= 11 is 0. The van der Waals surface area contributed by atoms with Gasteiger partial charge in [0, 0.05) is 6.20 Å². The SMILES string of the molecule is Cc1ncccc1OCC(C)O. The number of hydrogen-bond donors (Lipinski definition) is 1. The molecule has 0 radical (unpaired) electrons. The van der Waals surface area contributed by atoms with E-state index < -0.39 is 6.10 Å². The molecule has 3 heteroatoms. The fourth-order valence-electron chi connectivity index (χ4n) is 0.832. The van der Waals surface area contributed by atoms with Gasteiger partial charge in [-0.2, -0.15) is 0 Å². The summed E-state index contributed by atoms with van der Waals surface area (Å²) in [5.74, 6) is 0.735. The molecule has 3 nitrogen and oxygen atoms in total.